The average molecular weight is 813 g/mol. The molecule has 3 fully saturated rings. The fraction of sp³-hybridized carbons (Fsp3) is 0.915. The maximum atomic E-state index is 13.3. The van der Waals surface area contributed by atoms with Crippen LogP contribution < -0.4 is 11.5 Å². The summed E-state index contributed by atoms with van der Waals surface area (Å²) >= 11 is 0. The molecular formula is C47H87Cl2N3O3. The molecular weight excluding hydrogens is 725 g/mol. The molecule has 0 aromatic heterocycles. The Hall–Kier alpha value is -0.820. The van der Waals surface area contributed by atoms with Gasteiger partial charge in [-0.05, 0) is 145 Å². The van der Waals surface area contributed by atoms with Crippen molar-refractivity contribution >= 4 is 36.7 Å². The van der Waals surface area contributed by atoms with Gasteiger partial charge in [0.05, 0.1) is 0 Å². The van der Waals surface area contributed by atoms with Gasteiger partial charge in [0.2, 0.25) is 5.91 Å². The van der Waals surface area contributed by atoms with Gasteiger partial charge < -0.3 is 21.1 Å². The molecule has 4 aliphatic rings. The van der Waals surface area contributed by atoms with E-state index in [1.807, 2.05) is 18.7 Å². The van der Waals surface area contributed by atoms with Gasteiger partial charge in [0.15, 0.2) is 0 Å². The lowest BCUT2D eigenvalue weighted by molar-refractivity contribution is -0.151. The number of hydrogen-bond acceptors (Lipinski definition) is 5. The molecule has 0 aromatic rings. The van der Waals surface area contributed by atoms with Gasteiger partial charge in [-0.15, -0.1) is 24.8 Å². The summed E-state index contributed by atoms with van der Waals surface area (Å²) in [6.07, 6.45) is 25.3. The Balaban J connectivity index is 0.00000523. The van der Waals surface area contributed by atoms with Crippen molar-refractivity contribution in [3.63, 3.8) is 0 Å². The number of ether oxygens (including phenoxy) is 1. The highest BCUT2D eigenvalue weighted by atomic mass is 35.5. The topological polar surface area (TPSA) is 98.7 Å². The molecule has 0 aliphatic heterocycles. The van der Waals surface area contributed by atoms with Crippen molar-refractivity contribution in [2.45, 2.75) is 214 Å². The van der Waals surface area contributed by atoms with Crippen LogP contribution in [0, 0.1) is 46.3 Å². The standard InChI is InChI=1S/C47H85N3O3.2ClH/c1-34(2)17-15-18-35(3)39-23-24-40-38-22-21-36-33-37(25-28-46(36,8)41(38)26-29-47(39,40)9)53-43(52)20-16-19-42(51)50(32-30-45(6,7)49)31-14-12-10-11-13-27-44(4,5)48;;/h21,34-35,37-41H,10-20,22-33,48-49H2,1-9H3;2*1H. The van der Waals surface area contributed by atoms with E-state index in [-0.39, 0.29) is 59.3 Å². The van der Waals surface area contributed by atoms with E-state index in [2.05, 4.69) is 54.5 Å². The fourth-order valence-electron chi connectivity index (χ4n) is 11.7. The van der Waals surface area contributed by atoms with Gasteiger partial charge in [-0.3, -0.25) is 9.59 Å². The Morgan fingerprint density at radius 1 is 0.800 bits per heavy atom. The number of amides is 1. The first-order chi connectivity index (χ1) is 24.8. The van der Waals surface area contributed by atoms with Crippen molar-refractivity contribution in [1.82, 2.24) is 4.90 Å². The average Bonchev–Trinajstić information content (AvgIpc) is 3.42. The van der Waals surface area contributed by atoms with Gasteiger partial charge in [-0.25, -0.2) is 0 Å². The van der Waals surface area contributed by atoms with Crippen LogP contribution in [0.2, 0.25) is 0 Å². The molecule has 3 saturated carbocycles. The van der Waals surface area contributed by atoms with Crippen molar-refractivity contribution in [1.29, 1.82) is 0 Å². The number of hydrogen-bond donors (Lipinski definition) is 2. The highest BCUT2D eigenvalue weighted by Crippen LogP contribution is 2.67. The highest BCUT2D eigenvalue weighted by molar-refractivity contribution is 5.85. The third kappa shape index (κ3) is 14.5. The normalized spacial score (nSPS) is 29.5. The molecule has 0 aromatic carbocycles. The molecule has 0 spiro atoms. The van der Waals surface area contributed by atoms with E-state index in [1.54, 1.807) is 5.57 Å². The maximum Gasteiger partial charge on any atom is 0.306 e. The van der Waals surface area contributed by atoms with Crippen LogP contribution in [0.3, 0.4) is 0 Å². The number of halogens is 2. The number of nitrogens with two attached hydrogens (primary N) is 2. The second-order valence-electron chi connectivity index (χ2n) is 21.1. The van der Waals surface area contributed by atoms with Crippen LogP contribution in [-0.4, -0.2) is 47.0 Å². The van der Waals surface area contributed by atoms with Crippen LogP contribution in [0.4, 0.5) is 0 Å². The molecule has 0 saturated heterocycles. The second kappa shape index (κ2) is 22.0. The summed E-state index contributed by atoms with van der Waals surface area (Å²) in [5.74, 6) is 5.00. The first kappa shape index (κ1) is 50.3. The molecule has 8 heteroatoms. The van der Waals surface area contributed by atoms with Crippen molar-refractivity contribution in [3.8, 4) is 0 Å². The number of fused-ring (bicyclic) bond motifs is 5. The van der Waals surface area contributed by atoms with Gasteiger partial charge >= 0.3 is 5.97 Å². The SMILES string of the molecule is CC(C)CCCC(C)C1CCC2C3CC=C4CC(OC(=O)CCCC(=O)N(CCCCCCCC(C)(C)N)CCC(C)(C)N)CCC4(C)C3CCC12C.Cl.Cl. The van der Waals surface area contributed by atoms with Crippen LogP contribution >= 0.6 is 24.8 Å². The molecule has 55 heavy (non-hydrogen) atoms. The van der Waals surface area contributed by atoms with Crippen molar-refractivity contribution in [2.24, 2.45) is 57.8 Å². The smallest absolute Gasteiger partial charge is 0.306 e. The van der Waals surface area contributed by atoms with E-state index in [0.29, 0.717) is 31.2 Å². The third-order valence-electron chi connectivity index (χ3n) is 15.0. The zero-order valence-corrected chi connectivity index (χ0v) is 38.7. The number of unbranched alkanes of at least 4 members (excludes halogenated alkanes) is 4. The molecule has 322 valence electrons. The van der Waals surface area contributed by atoms with Crippen molar-refractivity contribution in [2.75, 3.05) is 13.1 Å². The Morgan fingerprint density at radius 2 is 1.47 bits per heavy atom. The van der Waals surface area contributed by atoms with Gasteiger partial charge in [0.25, 0.3) is 0 Å². The quantitative estimate of drug-likeness (QED) is 0.0683. The molecule has 4 rings (SSSR count). The van der Waals surface area contributed by atoms with E-state index in [4.69, 9.17) is 16.2 Å². The van der Waals surface area contributed by atoms with Gasteiger partial charge in [-0.2, -0.15) is 0 Å². The zero-order chi connectivity index (χ0) is 39.0. The molecule has 6 nitrogen and oxygen atoms in total. The highest BCUT2D eigenvalue weighted by Gasteiger charge is 2.59. The van der Waals surface area contributed by atoms with Crippen molar-refractivity contribution < 1.29 is 14.3 Å². The van der Waals surface area contributed by atoms with Crippen LogP contribution in [0.15, 0.2) is 11.6 Å². The van der Waals surface area contributed by atoms with Gasteiger partial charge in [-0.1, -0.05) is 91.2 Å². The molecule has 8 atom stereocenters. The van der Waals surface area contributed by atoms with Crippen molar-refractivity contribution in [3.05, 3.63) is 11.6 Å². The molecule has 0 radical (unpaired) electrons. The minimum atomic E-state index is -0.315. The molecule has 4 N–H and O–H groups in total. The third-order valence-corrected chi connectivity index (χ3v) is 15.0. The number of nitrogens with zero attached hydrogens (tertiary/aromatic N) is 1. The lowest BCUT2D eigenvalue weighted by Gasteiger charge is -2.58. The number of esters is 1. The van der Waals surface area contributed by atoms with Crippen LogP contribution in [0.1, 0.15) is 197 Å². The van der Waals surface area contributed by atoms with E-state index in [1.165, 1.54) is 64.2 Å². The zero-order valence-electron chi connectivity index (χ0n) is 37.0. The van der Waals surface area contributed by atoms with E-state index < -0.39 is 0 Å². The van der Waals surface area contributed by atoms with Gasteiger partial charge in [0.1, 0.15) is 6.10 Å². The lowest BCUT2D eigenvalue weighted by atomic mass is 9.47. The lowest BCUT2D eigenvalue weighted by Crippen LogP contribution is -2.51. The summed E-state index contributed by atoms with van der Waals surface area (Å²) in [4.78, 5) is 28.4. The van der Waals surface area contributed by atoms with Gasteiger partial charge in [0, 0.05) is 43.4 Å². The molecule has 8 unspecified atom stereocenters. The number of allylic oxidation sites excluding steroid dienone is 1. The number of carbonyl (C=O) groups excluding carboxylic acids is 2. The Labute approximate surface area is 351 Å². The van der Waals surface area contributed by atoms with E-state index >= 15 is 0 Å². The number of rotatable bonds is 21. The van der Waals surface area contributed by atoms with Crippen LogP contribution in [-0.2, 0) is 14.3 Å². The summed E-state index contributed by atoms with van der Waals surface area (Å²) in [6.45, 7) is 22.2. The maximum absolute atomic E-state index is 13.3. The number of carbonyl (C=O) groups is 2. The molecule has 4 aliphatic carbocycles. The largest absolute Gasteiger partial charge is 0.462 e. The van der Waals surface area contributed by atoms with Crippen LogP contribution in [0.5, 0.6) is 0 Å². The first-order valence-corrected chi connectivity index (χ1v) is 22.6. The first-order valence-electron chi connectivity index (χ1n) is 22.6. The Bertz CT molecular complexity index is 1210. The monoisotopic (exact) mass is 812 g/mol. The fourth-order valence-corrected chi connectivity index (χ4v) is 11.7. The predicted molar refractivity (Wildman–Crippen MR) is 237 cm³/mol. The second-order valence-corrected chi connectivity index (χ2v) is 21.1. The van der Waals surface area contributed by atoms with E-state index in [9.17, 15) is 9.59 Å². The van der Waals surface area contributed by atoms with Crippen LogP contribution in [0.25, 0.3) is 0 Å². The van der Waals surface area contributed by atoms with E-state index in [0.717, 1.165) is 93.4 Å². The summed E-state index contributed by atoms with van der Waals surface area (Å²) in [6, 6.07) is 0. The summed E-state index contributed by atoms with van der Waals surface area (Å²) in [5.41, 5.74) is 14.3. The Kier molecular flexibility index (Phi) is 20.1. The Morgan fingerprint density at radius 3 is 2.15 bits per heavy atom. The predicted octanol–water partition coefficient (Wildman–Crippen LogP) is 12.0. The summed E-state index contributed by atoms with van der Waals surface area (Å²) < 4.78 is 6.13. The summed E-state index contributed by atoms with van der Waals surface area (Å²) in [7, 11) is 0. The molecule has 0 heterocycles. The minimum absolute atomic E-state index is 0. The minimum Gasteiger partial charge on any atom is -0.462 e. The molecule has 0 bridgehead atoms. The molecule has 1 amide bonds. The summed E-state index contributed by atoms with van der Waals surface area (Å²) in [5, 5.41) is 0.